The Labute approximate surface area is 132 Å². The predicted octanol–water partition coefficient (Wildman–Crippen LogP) is 6.05. The first-order valence-corrected chi connectivity index (χ1v) is 8.97. The topological polar surface area (TPSA) is 26.3 Å². The van der Waals surface area contributed by atoms with Crippen molar-refractivity contribution in [1.82, 2.24) is 0 Å². The number of unbranched alkanes of at least 4 members (excludes halogenated alkanes) is 6. The molecule has 0 aliphatic rings. The Hall–Kier alpha value is -0.790. The Balaban J connectivity index is 3.27. The molecule has 0 aromatic rings. The molecule has 0 fully saturated rings. The lowest BCUT2D eigenvalue weighted by molar-refractivity contribution is -0.143. The lowest BCUT2D eigenvalue weighted by atomic mass is 10.0. The van der Waals surface area contributed by atoms with E-state index in [1.807, 2.05) is 0 Å². The lowest BCUT2D eigenvalue weighted by Gasteiger charge is -2.05. The summed E-state index contributed by atoms with van der Waals surface area (Å²) in [5.74, 6) is 0.758. The molecule has 0 aromatic carbocycles. The number of carbonyl (C=O) groups excluding carboxylic acids is 1. The van der Waals surface area contributed by atoms with E-state index in [-0.39, 0.29) is 5.97 Å². The van der Waals surface area contributed by atoms with Crippen molar-refractivity contribution in [3.8, 4) is 0 Å². The summed E-state index contributed by atoms with van der Waals surface area (Å²) in [6, 6.07) is 0. The molecule has 0 spiro atoms. The maximum atomic E-state index is 11.5. The van der Waals surface area contributed by atoms with Crippen LogP contribution in [0.1, 0.15) is 91.4 Å². The van der Waals surface area contributed by atoms with E-state index in [2.05, 4.69) is 32.9 Å². The zero-order valence-electron chi connectivity index (χ0n) is 14.5. The summed E-state index contributed by atoms with van der Waals surface area (Å²) >= 11 is 0. The Morgan fingerprint density at radius 3 is 2.38 bits per heavy atom. The molecule has 0 rings (SSSR count). The molecule has 0 radical (unpaired) electrons. The molecule has 0 aliphatic heterocycles. The van der Waals surface area contributed by atoms with E-state index < -0.39 is 0 Å². The molecule has 2 nitrogen and oxygen atoms in total. The van der Waals surface area contributed by atoms with Gasteiger partial charge in [0.25, 0.3) is 0 Å². The Bertz CT molecular complexity index is 256. The van der Waals surface area contributed by atoms with Gasteiger partial charge in [-0.05, 0) is 31.6 Å². The first-order chi connectivity index (χ1) is 10.2. The second kappa shape index (κ2) is 15.6. The van der Waals surface area contributed by atoms with Crippen molar-refractivity contribution in [2.75, 3.05) is 6.61 Å². The van der Waals surface area contributed by atoms with Crippen LogP contribution in [-0.2, 0) is 9.53 Å². The molecule has 0 atom stereocenters. The van der Waals surface area contributed by atoms with Gasteiger partial charge < -0.3 is 4.74 Å². The largest absolute Gasteiger partial charge is 0.466 e. The van der Waals surface area contributed by atoms with E-state index in [1.165, 1.54) is 44.9 Å². The lowest BCUT2D eigenvalue weighted by Crippen LogP contribution is -2.05. The number of ether oxygens (including phenoxy) is 1. The average molecular weight is 296 g/mol. The van der Waals surface area contributed by atoms with Gasteiger partial charge in [0.1, 0.15) is 0 Å². The van der Waals surface area contributed by atoms with Crippen LogP contribution in [0.4, 0.5) is 0 Å². The normalized spacial score (nSPS) is 11.4. The highest BCUT2D eigenvalue weighted by Gasteiger charge is 2.01. The number of hydrogen-bond donors (Lipinski definition) is 0. The van der Waals surface area contributed by atoms with Gasteiger partial charge in [-0.3, -0.25) is 4.79 Å². The highest BCUT2D eigenvalue weighted by molar-refractivity contribution is 5.69. The van der Waals surface area contributed by atoms with Gasteiger partial charge >= 0.3 is 5.97 Å². The molecule has 0 unspecified atom stereocenters. The summed E-state index contributed by atoms with van der Waals surface area (Å²) in [6.45, 7) is 7.34. The SMILES string of the molecule is CCCCC/C=C\CCC(=O)OCCCCCCC(C)C. The molecule has 0 saturated carbocycles. The predicted molar refractivity (Wildman–Crippen MR) is 91.4 cm³/mol. The Morgan fingerprint density at radius 2 is 1.67 bits per heavy atom. The van der Waals surface area contributed by atoms with Crippen molar-refractivity contribution in [1.29, 1.82) is 0 Å². The van der Waals surface area contributed by atoms with E-state index in [9.17, 15) is 4.79 Å². The molecule has 0 amide bonds. The molecule has 2 heteroatoms. The van der Waals surface area contributed by atoms with Gasteiger partial charge in [-0.2, -0.15) is 0 Å². The van der Waals surface area contributed by atoms with Crippen molar-refractivity contribution < 1.29 is 9.53 Å². The van der Waals surface area contributed by atoms with Crippen LogP contribution in [-0.4, -0.2) is 12.6 Å². The third kappa shape index (κ3) is 17.2. The molecular formula is C19H36O2. The zero-order valence-corrected chi connectivity index (χ0v) is 14.5. The molecule has 0 N–H and O–H groups in total. The third-order valence-electron chi connectivity index (χ3n) is 3.60. The van der Waals surface area contributed by atoms with E-state index in [1.54, 1.807) is 0 Å². The van der Waals surface area contributed by atoms with E-state index in [0.717, 1.165) is 25.2 Å². The van der Waals surface area contributed by atoms with Gasteiger partial charge in [-0.15, -0.1) is 0 Å². The maximum absolute atomic E-state index is 11.5. The first kappa shape index (κ1) is 20.2. The monoisotopic (exact) mass is 296 g/mol. The number of hydrogen-bond acceptors (Lipinski definition) is 2. The number of allylic oxidation sites excluding steroid dienone is 2. The van der Waals surface area contributed by atoms with Crippen LogP contribution >= 0.6 is 0 Å². The number of esters is 1. The van der Waals surface area contributed by atoms with Gasteiger partial charge in [0, 0.05) is 6.42 Å². The second-order valence-electron chi connectivity index (χ2n) is 6.32. The van der Waals surface area contributed by atoms with Crippen LogP contribution in [0.3, 0.4) is 0 Å². The van der Waals surface area contributed by atoms with E-state index in [4.69, 9.17) is 4.74 Å². The molecule has 0 aromatic heterocycles. The summed E-state index contributed by atoms with van der Waals surface area (Å²) in [4.78, 5) is 11.5. The molecule has 21 heavy (non-hydrogen) atoms. The van der Waals surface area contributed by atoms with Crippen LogP contribution in [0, 0.1) is 5.92 Å². The van der Waals surface area contributed by atoms with Crippen molar-refractivity contribution in [2.24, 2.45) is 5.92 Å². The van der Waals surface area contributed by atoms with Gasteiger partial charge in [0.05, 0.1) is 6.61 Å². The van der Waals surface area contributed by atoms with Gasteiger partial charge in [0.2, 0.25) is 0 Å². The van der Waals surface area contributed by atoms with Crippen LogP contribution in [0.25, 0.3) is 0 Å². The fraction of sp³-hybridized carbons (Fsp3) is 0.842. The fourth-order valence-corrected chi connectivity index (χ4v) is 2.22. The molecule has 0 heterocycles. The minimum absolute atomic E-state index is 0.0459. The minimum Gasteiger partial charge on any atom is -0.466 e. The Kier molecular flexibility index (Phi) is 15.0. The summed E-state index contributed by atoms with van der Waals surface area (Å²) in [5, 5.41) is 0. The molecule has 0 aliphatic carbocycles. The quantitative estimate of drug-likeness (QED) is 0.221. The molecule has 0 saturated heterocycles. The van der Waals surface area contributed by atoms with Crippen molar-refractivity contribution in [3.63, 3.8) is 0 Å². The summed E-state index contributed by atoms with van der Waals surface area (Å²) in [7, 11) is 0. The number of rotatable bonds is 14. The minimum atomic E-state index is -0.0459. The fourth-order valence-electron chi connectivity index (χ4n) is 2.22. The van der Waals surface area contributed by atoms with E-state index in [0.29, 0.717) is 13.0 Å². The van der Waals surface area contributed by atoms with Crippen molar-refractivity contribution in [2.45, 2.75) is 91.4 Å². The molecule has 124 valence electrons. The standard InChI is InChI=1S/C19H36O2/c1-4-5-6-7-8-9-13-16-19(20)21-17-14-11-10-12-15-18(2)3/h8-9,18H,4-7,10-17H2,1-3H3/b9-8-. The summed E-state index contributed by atoms with van der Waals surface area (Å²) < 4.78 is 5.24. The van der Waals surface area contributed by atoms with Gasteiger partial charge in [0.15, 0.2) is 0 Å². The van der Waals surface area contributed by atoms with Crippen LogP contribution in [0.5, 0.6) is 0 Å². The molecular weight excluding hydrogens is 260 g/mol. The van der Waals surface area contributed by atoms with Crippen molar-refractivity contribution in [3.05, 3.63) is 12.2 Å². The van der Waals surface area contributed by atoms with Crippen LogP contribution in [0.2, 0.25) is 0 Å². The smallest absolute Gasteiger partial charge is 0.306 e. The highest BCUT2D eigenvalue weighted by Crippen LogP contribution is 2.09. The zero-order chi connectivity index (χ0) is 15.8. The van der Waals surface area contributed by atoms with Gasteiger partial charge in [-0.25, -0.2) is 0 Å². The van der Waals surface area contributed by atoms with Crippen LogP contribution < -0.4 is 0 Å². The maximum Gasteiger partial charge on any atom is 0.306 e. The van der Waals surface area contributed by atoms with Crippen LogP contribution in [0.15, 0.2) is 12.2 Å². The summed E-state index contributed by atoms with van der Waals surface area (Å²) in [6.07, 6.45) is 16.7. The number of carbonyl (C=O) groups is 1. The second-order valence-corrected chi connectivity index (χ2v) is 6.32. The van der Waals surface area contributed by atoms with Gasteiger partial charge in [-0.1, -0.05) is 71.4 Å². The average Bonchev–Trinajstić information content (AvgIpc) is 2.45. The Morgan fingerprint density at radius 1 is 0.952 bits per heavy atom. The highest BCUT2D eigenvalue weighted by atomic mass is 16.5. The van der Waals surface area contributed by atoms with Crippen molar-refractivity contribution >= 4 is 5.97 Å². The summed E-state index contributed by atoms with van der Waals surface area (Å²) in [5.41, 5.74) is 0. The first-order valence-electron chi connectivity index (χ1n) is 8.97. The van der Waals surface area contributed by atoms with E-state index >= 15 is 0 Å². The molecule has 0 bridgehead atoms. The third-order valence-corrected chi connectivity index (χ3v) is 3.60.